The maximum absolute atomic E-state index is 13.0. The average molecular weight is 451 g/mol. The van der Waals surface area contributed by atoms with Crippen LogP contribution in [0.15, 0.2) is 47.4 Å². The third-order valence-corrected chi connectivity index (χ3v) is 7.16. The fourth-order valence-corrected chi connectivity index (χ4v) is 5.02. The molecule has 2 aromatic rings. The third kappa shape index (κ3) is 5.00. The Labute approximate surface area is 181 Å². The number of ether oxygens (including phenoxy) is 1. The second kappa shape index (κ2) is 9.59. The van der Waals surface area contributed by atoms with Crippen LogP contribution in [0.3, 0.4) is 0 Å². The Bertz CT molecular complexity index is 1050. The number of hydrogen-bond acceptors (Lipinski definition) is 5. The van der Waals surface area contributed by atoms with E-state index in [0.29, 0.717) is 13.1 Å². The molecule has 1 fully saturated rings. The normalized spacial score (nSPS) is 15.3. The van der Waals surface area contributed by atoms with Crippen molar-refractivity contribution in [3.8, 4) is 0 Å². The molecule has 30 heavy (non-hydrogen) atoms. The number of esters is 1. The van der Waals surface area contributed by atoms with Gasteiger partial charge in [0.05, 0.1) is 28.3 Å². The number of nitrogens with zero attached hydrogens (tertiary/aromatic N) is 1. The molecule has 0 spiro atoms. The highest BCUT2D eigenvalue weighted by molar-refractivity contribution is 7.89. The molecule has 0 unspecified atom stereocenters. The van der Waals surface area contributed by atoms with Gasteiger partial charge in [-0.2, -0.15) is 4.31 Å². The number of rotatable bonds is 5. The number of benzene rings is 2. The van der Waals surface area contributed by atoms with Crippen molar-refractivity contribution in [2.75, 3.05) is 25.5 Å². The minimum absolute atomic E-state index is 0.0754. The number of halogens is 1. The van der Waals surface area contributed by atoms with Gasteiger partial charge in [0.25, 0.3) is 5.91 Å². The van der Waals surface area contributed by atoms with Gasteiger partial charge < -0.3 is 10.1 Å². The van der Waals surface area contributed by atoms with Crippen LogP contribution in [-0.4, -0.2) is 44.8 Å². The SMILES string of the molecule is COC(=O)c1ccc(Cl)c(NC(=O)c2cccc(S(=O)(=O)N3CCCCCC3)c2)c1. The number of carbonyl (C=O) groups excluding carboxylic acids is 2. The zero-order valence-electron chi connectivity index (χ0n) is 16.6. The van der Waals surface area contributed by atoms with Crippen LogP contribution in [0.2, 0.25) is 5.02 Å². The van der Waals surface area contributed by atoms with Crippen LogP contribution >= 0.6 is 11.6 Å². The standard InChI is InChI=1S/C21H23ClN2O5S/c1-29-21(26)16-9-10-18(22)19(14-16)23-20(25)15-7-6-8-17(13-15)30(27,28)24-11-4-2-3-5-12-24/h6-10,13-14H,2-5,11-12H2,1H3,(H,23,25). The van der Waals surface area contributed by atoms with Crippen molar-refractivity contribution in [3.05, 3.63) is 58.6 Å². The number of amides is 1. The van der Waals surface area contributed by atoms with Gasteiger partial charge in [0.1, 0.15) is 0 Å². The number of methoxy groups -OCH3 is 1. The van der Waals surface area contributed by atoms with Crippen LogP contribution < -0.4 is 5.32 Å². The van der Waals surface area contributed by atoms with Crippen LogP contribution in [0.4, 0.5) is 5.69 Å². The van der Waals surface area contributed by atoms with Gasteiger partial charge in [-0.3, -0.25) is 4.79 Å². The second-order valence-electron chi connectivity index (χ2n) is 6.99. The molecule has 0 aliphatic carbocycles. The van der Waals surface area contributed by atoms with E-state index in [0.717, 1.165) is 25.7 Å². The van der Waals surface area contributed by atoms with Gasteiger partial charge in [-0.05, 0) is 49.2 Å². The van der Waals surface area contributed by atoms with E-state index in [9.17, 15) is 18.0 Å². The molecule has 9 heteroatoms. The first kappa shape index (κ1) is 22.3. The molecule has 1 amide bonds. The Morgan fingerprint density at radius 2 is 1.70 bits per heavy atom. The molecule has 0 saturated carbocycles. The lowest BCUT2D eigenvalue weighted by molar-refractivity contribution is 0.0600. The molecule has 0 atom stereocenters. The minimum atomic E-state index is -3.68. The van der Waals surface area contributed by atoms with E-state index in [1.165, 1.54) is 53.9 Å². The van der Waals surface area contributed by atoms with Gasteiger partial charge in [0, 0.05) is 18.7 Å². The number of hydrogen-bond donors (Lipinski definition) is 1. The molecule has 0 radical (unpaired) electrons. The summed E-state index contributed by atoms with van der Waals surface area (Å²) in [7, 11) is -2.42. The maximum Gasteiger partial charge on any atom is 0.337 e. The topological polar surface area (TPSA) is 92.8 Å². The van der Waals surface area contributed by atoms with Crippen LogP contribution in [0.1, 0.15) is 46.4 Å². The summed E-state index contributed by atoms with van der Waals surface area (Å²) in [5.74, 6) is -1.10. The molecule has 160 valence electrons. The van der Waals surface area contributed by atoms with E-state index in [-0.39, 0.29) is 26.7 Å². The summed E-state index contributed by atoms with van der Waals surface area (Å²) in [6.07, 6.45) is 3.68. The van der Waals surface area contributed by atoms with Crippen molar-refractivity contribution in [3.63, 3.8) is 0 Å². The van der Waals surface area contributed by atoms with Crippen LogP contribution in [0, 0.1) is 0 Å². The molecule has 0 aromatic heterocycles. The number of sulfonamides is 1. The molecule has 1 heterocycles. The smallest absolute Gasteiger partial charge is 0.337 e. The van der Waals surface area contributed by atoms with E-state index in [1.54, 1.807) is 0 Å². The van der Waals surface area contributed by atoms with Gasteiger partial charge in [-0.25, -0.2) is 13.2 Å². The lowest BCUT2D eigenvalue weighted by Gasteiger charge is -2.20. The highest BCUT2D eigenvalue weighted by atomic mass is 35.5. The summed E-state index contributed by atoms with van der Waals surface area (Å²) in [6, 6.07) is 10.3. The minimum Gasteiger partial charge on any atom is -0.465 e. The van der Waals surface area contributed by atoms with Crippen LogP contribution in [0.5, 0.6) is 0 Å². The predicted octanol–water partition coefficient (Wildman–Crippen LogP) is 3.94. The summed E-state index contributed by atoms with van der Waals surface area (Å²) in [4.78, 5) is 24.5. The third-order valence-electron chi connectivity index (χ3n) is 4.93. The Morgan fingerprint density at radius 3 is 2.37 bits per heavy atom. The maximum atomic E-state index is 13.0. The van der Waals surface area contributed by atoms with E-state index in [4.69, 9.17) is 11.6 Å². The van der Waals surface area contributed by atoms with Gasteiger partial charge >= 0.3 is 5.97 Å². The largest absolute Gasteiger partial charge is 0.465 e. The van der Waals surface area contributed by atoms with Crippen LogP contribution in [-0.2, 0) is 14.8 Å². The molecule has 1 saturated heterocycles. The fourth-order valence-electron chi connectivity index (χ4n) is 3.29. The van der Waals surface area contributed by atoms with Crippen molar-refractivity contribution in [2.45, 2.75) is 30.6 Å². The van der Waals surface area contributed by atoms with E-state index in [1.807, 2.05) is 0 Å². The first-order valence-electron chi connectivity index (χ1n) is 9.62. The molecule has 0 bridgehead atoms. The second-order valence-corrected chi connectivity index (χ2v) is 9.33. The average Bonchev–Trinajstić information content (AvgIpc) is 3.05. The number of anilines is 1. The van der Waals surface area contributed by atoms with Crippen molar-refractivity contribution in [1.82, 2.24) is 4.31 Å². The highest BCUT2D eigenvalue weighted by Gasteiger charge is 2.26. The molecule has 7 nitrogen and oxygen atoms in total. The fraction of sp³-hybridized carbons (Fsp3) is 0.333. The Morgan fingerprint density at radius 1 is 1.00 bits per heavy atom. The lowest BCUT2D eigenvalue weighted by Crippen LogP contribution is -2.32. The predicted molar refractivity (Wildman–Crippen MR) is 114 cm³/mol. The Hall–Kier alpha value is -2.42. The quantitative estimate of drug-likeness (QED) is 0.696. The number of nitrogens with one attached hydrogen (secondary N) is 1. The van der Waals surface area contributed by atoms with E-state index < -0.39 is 21.9 Å². The van der Waals surface area contributed by atoms with E-state index >= 15 is 0 Å². The van der Waals surface area contributed by atoms with Gasteiger partial charge in [-0.1, -0.05) is 30.5 Å². The zero-order chi connectivity index (χ0) is 21.7. The summed E-state index contributed by atoms with van der Waals surface area (Å²) >= 11 is 6.13. The Balaban J connectivity index is 1.84. The first-order valence-corrected chi connectivity index (χ1v) is 11.4. The van der Waals surface area contributed by atoms with E-state index in [2.05, 4.69) is 10.1 Å². The number of carbonyl (C=O) groups is 2. The van der Waals surface area contributed by atoms with Crippen molar-refractivity contribution in [2.24, 2.45) is 0 Å². The Kier molecular flexibility index (Phi) is 7.12. The van der Waals surface area contributed by atoms with Crippen molar-refractivity contribution >= 4 is 39.2 Å². The molecule has 1 N–H and O–H groups in total. The monoisotopic (exact) mass is 450 g/mol. The first-order chi connectivity index (χ1) is 14.3. The molecule has 3 rings (SSSR count). The molecular formula is C21H23ClN2O5S. The summed E-state index contributed by atoms with van der Waals surface area (Å²) < 4.78 is 32.2. The summed E-state index contributed by atoms with van der Waals surface area (Å²) in [5.41, 5.74) is 0.630. The highest BCUT2D eigenvalue weighted by Crippen LogP contribution is 2.25. The summed E-state index contributed by atoms with van der Waals surface area (Å²) in [6.45, 7) is 0.962. The molecule has 2 aromatic carbocycles. The van der Waals surface area contributed by atoms with Gasteiger partial charge in [0.2, 0.25) is 10.0 Å². The molecule has 1 aliphatic rings. The molecule has 1 aliphatic heterocycles. The van der Waals surface area contributed by atoms with Crippen molar-refractivity contribution < 1.29 is 22.7 Å². The lowest BCUT2D eigenvalue weighted by atomic mass is 10.1. The molecular weight excluding hydrogens is 428 g/mol. The van der Waals surface area contributed by atoms with Crippen LogP contribution in [0.25, 0.3) is 0 Å². The van der Waals surface area contributed by atoms with Gasteiger partial charge in [-0.15, -0.1) is 0 Å². The zero-order valence-corrected chi connectivity index (χ0v) is 18.1. The summed E-state index contributed by atoms with van der Waals surface area (Å²) in [5, 5.41) is 2.87. The van der Waals surface area contributed by atoms with Crippen molar-refractivity contribution in [1.29, 1.82) is 0 Å². The van der Waals surface area contributed by atoms with Gasteiger partial charge in [0.15, 0.2) is 0 Å².